The Balaban J connectivity index is 2.41. The van der Waals surface area contributed by atoms with Crippen LogP contribution in [0.3, 0.4) is 0 Å². The molecule has 1 amide bonds. The number of amides is 1. The molecule has 0 aliphatic heterocycles. The summed E-state index contributed by atoms with van der Waals surface area (Å²) in [6.45, 7) is 4.17. The molecule has 14 heavy (non-hydrogen) atoms. The number of nitrogens with one attached hydrogen (secondary N) is 1. The van der Waals surface area contributed by atoms with Crippen LogP contribution in [0.2, 0.25) is 0 Å². The van der Waals surface area contributed by atoms with E-state index in [4.69, 9.17) is 5.11 Å². The van der Waals surface area contributed by atoms with Crippen molar-refractivity contribution in [2.24, 2.45) is 5.92 Å². The summed E-state index contributed by atoms with van der Waals surface area (Å²) in [7, 11) is 0. The van der Waals surface area contributed by atoms with Crippen molar-refractivity contribution in [3.8, 4) is 0 Å². The first-order chi connectivity index (χ1) is 6.61. The lowest BCUT2D eigenvalue weighted by atomic mass is 9.83. The molecule has 1 saturated carbocycles. The van der Waals surface area contributed by atoms with Gasteiger partial charge in [-0.25, -0.2) is 0 Å². The summed E-state index contributed by atoms with van der Waals surface area (Å²) in [6.07, 6.45) is 4.75. The summed E-state index contributed by atoms with van der Waals surface area (Å²) in [5, 5.41) is 12.0. The molecule has 0 spiro atoms. The van der Waals surface area contributed by atoms with Crippen molar-refractivity contribution in [2.45, 2.75) is 51.5 Å². The minimum absolute atomic E-state index is 0.134. The van der Waals surface area contributed by atoms with E-state index >= 15 is 0 Å². The first-order valence-corrected chi connectivity index (χ1v) is 5.54. The largest absolute Gasteiger partial charge is 0.396 e. The second-order valence-corrected chi connectivity index (χ2v) is 4.50. The Morgan fingerprint density at radius 1 is 1.57 bits per heavy atom. The van der Waals surface area contributed by atoms with Crippen molar-refractivity contribution >= 4 is 5.91 Å². The van der Waals surface area contributed by atoms with Crippen LogP contribution in [-0.4, -0.2) is 23.2 Å². The SMILES string of the molecule is CCC(C)(CCO)NC(=O)C1CCC1. The normalized spacial score (nSPS) is 21.1. The number of aliphatic hydroxyl groups excluding tert-OH is 1. The third-order valence-electron chi connectivity index (χ3n) is 3.34. The van der Waals surface area contributed by atoms with Gasteiger partial charge in [0, 0.05) is 18.1 Å². The molecule has 2 N–H and O–H groups in total. The van der Waals surface area contributed by atoms with Crippen molar-refractivity contribution in [2.75, 3.05) is 6.61 Å². The number of aliphatic hydroxyl groups is 1. The smallest absolute Gasteiger partial charge is 0.223 e. The van der Waals surface area contributed by atoms with Crippen LogP contribution in [0.4, 0.5) is 0 Å². The van der Waals surface area contributed by atoms with Gasteiger partial charge in [-0.05, 0) is 32.6 Å². The third kappa shape index (κ3) is 2.71. The predicted octanol–water partition coefficient (Wildman–Crippen LogP) is 1.45. The maximum Gasteiger partial charge on any atom is 0.223 e. The fourth-order valence-electron chi connectivity index (χ4n) is 1.64. The molecule has 1 aliphatic carbocycles. The van der Waals surface area contributed by atoms with Crippen LogP contribution in [0.25, 0.3) is 0 Å². The lowest BCUT2D eigenvalue weighted by Crippen LogP contribution is -2.49. The first kappa shape index (κ1) is 11.5. The van der Waals surface area contributed by atoms with Crippen LogP contribution in [0.1, 0.15) is 46.0 Å². The van der Waals surface area contributed by atoms with Crippen molar-refractivity contribution < 1.29 is 9.90 Å². The van der Waals surface area contributed by atoms with E-state index in [9.17, 15) is 4.79 Å². The first-order valence-electron chi connectivity index (χ1n) is 5.54. The summed E-state index contributed by atoms with van der Waals surface area (Å²) >= 11 is 0. The molecule has 1 fully saturated rings. The van der Waals surface area contributed by atoms with Crippen molar-refractivity contribution in [3.05, 3.63) is 0 Å². The fourth-order valence-corrected chi connectivity index (χ4v) is 1.64. The molecule has 0 aromatic rings. The predicted molar refractivity (Wildman–Crippen MR) is 55.9 cm³/mol. The Labute approximate surface area is 85.9 Å². The van der Waals surface area contributed by atoms with E-state index in [0.717, 1.165) is 19.3 Å². The summed E-state index contributed by atoms with van der Waals surface area (Å²) in [5.41, 5.74) is -0.221. The summed E-state index contributed by atoms with van der Waals surface area (Å²) in [6, 6.07) is 0. The average molecular weight is 199 g/mol. The molecule has 82 valence electrons. The molecule has 1 rings (SSSR count). The number of rotatable bonds is 5. The number of carbonyl (C=O) groups excluding carboxylic acids is 1. The van der Waals surface area contributed by atoms with Crippen LogP contribution in [-0.2, 0) is 4.79 Å². The molecule has 0 radical (unpaired) electrons. The van der Waals surface area contributed by atoms with Gasteiger partial charge in [0.15, 0.2) is 0 Å². The minimum Gasteiger partial charge on any atom is -0.396 e. The maximum atomic E-state index is 11.7. The highest BCUT2D eigenvalue weighted by Gasteiger charge is 2.30. The van der Waals surface area contributed by atoms with E-state index < -0.39 is 0 Å². The number of carbonyl (C=O) groups is 1. The van der Waals surface area contributed by atoms with Crippen LogP contribution in [0.5, 0.6) is 0 Å². The van der Waals surface area contributed by atoms with Gasteiger partial charge in [0.25, 0.3) is 0 Å². The average Bonchev–Trinajstić information content (AvgIpc) is 2.01. The minimum atomic E-state index is -0.221. The summed E-state index contributed by atoms with van der Waals surface area (Å²) < 4.78 is 0. The Bertz CT molecular complexity index is 201. The Kier molecular flexibility index (Phi) is 3.93. The Hall–Kier alpha value is -0.570. The second-order valence-electron chi connectivity index (χ2n) is 4.50. The van der Waals surface area contributed by atoms with Gasteiger partial charge in [-0.2, -0.15) is 0 Å². The highest BCUT2D eigenvalue weighted by atomic mass is 16.3. The van der Waals surface area contributed by atoms with E-state index in [0.29, 0.717) is 6.42 Å². The standard InChI is InChI=1S/C11H21NO2/c1-3-11(2,7-8-13)12-10(14)9-5-4-6-9/h9,13H,3-8H2,1-2H3,(H,12,14). The fraction of sp³-hybridized carbons (Fsp3) is 0.909. The zero-order chi connectivity index (χ0) is 10.6. The topological polar surface area (TPSA) is 49.3 Å². The van der Waals surface area contributed by atoms with Gasteiger partial charge in [-0.15, -0.1) is 0 Å². The highest BCUT2D eigenvalue weighted by molar-refractivity contribution is 5.80. The molecule has 0 heterocycles. The monoisotopic (exact) mass is 199 g/mol. The van der Waals surface area contributed by atoms with Crippen LogP contribution in [0, 0.1) is 5.92 Å². The van der Waals surface area contributed by atoms with E-state index in [2.05, 4.69) is 5.32 Å². The highest BCUT2D eigenvalue weighted by Crippen LogP contribution is 2.27. The molecule has 3 nitrogen and oxygen atoms in total. The van der Waals surface area contributed by atoms with Gasteiger partial charge in [0.1, 0.15) is 0 Å². The van der Waals surface area contributed by atoms with E-state index in [1.165, 1.54) is 6.42 Å². The zero-order valence-electron chi connectivity index (χ0n) is 9.18. The second kappa shape index (κ2) is 4.78. The summed E-state index contributed by atoms with van der Waals surface area (Å²) in [5.74, 6) is 0.411. The van der Waals surface area contributed by atoms with E-state index in [1.54, 1.807) is 0 Å². The summed E-state index contributed by atoms with van der Waals surface area (Å²) in [4.78, 5) is 11.7. The third-order valence-corrected chi connectivity index (χ3v) is 3.34. The zero-order valence-corrected chi connectivity index (χ0v) is 9.18. The molecule has 0 bridgehead atoms. The maximum absolute atomic E-state index is 11.7. The van der Waals surface area contributed by atoms with Crippen LogP contribution in [0.15, 0.2) is 0 Å². The number of hydrogen-bond acceptors (Lipinski definition) is 2. The van der Waals surface area contributed by atoms with Gasteiger partial charge in [0.2, 0.25) is 5.91 Å². The molecule has 0 aromatic carbocycles. The molecular formula is C11H21NO2. The van der Waals surface area contributed by atoms with E-state index in [-0.39, 0.29) is 24.0 Å². The van der Waals surface area contributed by atoms with Crippen LogP contribution >= 0.6 is 0 Å². The Morgan fingerprint density at radius 2 is 2.21 bits per heavy atom. The van der Waals surface area contributed by atoms with Crippen LogP contribution < -0.4 is 5.32 Å². The lowest BCUT2D eigenvalue weighted by Gasteiger charge is -2.33. The van der Waals surface area contributed by atoms with Gasteiger partial charge < -0.3 is 10.4 Å². The lowest BCUT2D eigenvalue weighted by molar-refractivity contribution is -0.129. The molecule has 1 aliphatic rings. The van der Waals surface area contributed by atoms with Crippen molar-refractivity contribution in [1.82, 2.24) is 5.32 Å². The Morgan fingerprint density at radius 3 is 2.57 bits per heavy atom. The number of hydrogen-bond donors (Lipinski definition) is 2. The van der Waals surface area contributed by atoms with Crippen molar-refractivity contribution in [3.63, 3.8) is 0 Å². The van der Waals surface area contributed by atoms with Gasteiger partial charge in [-0.3, -0.25) is 4.79 Å². The van der Waals surface area contributed by atoms with Gasteiger partial charge in [-0.1, -0.05) is 13.3 Å². The molecular weight excluding hydrogens is 178 g/mol. The van der Waals surface area contributed by atoms with Gasteiger partial charge in [0.05, 0.1) is 0 Å². The van der Waals surface area contributed by atoms with E-state index in [1.807, 2.05) is 13.8 Å². The molecule has 0 aromatic heterocycles. The van der Waals surface area contributed by atoms with Crippen molar-refractivity contribution in [1.29, 1.82) is 0 Å². The molecule has 0 saturated heterocycles. The molecule has 3 heteroatoms. The quantitative estimate of drug-likeness (QED) is 0.704. The molecule has 1 unspecified atom stereocenters. The van der Waals surface area contributed by atoms with Gasteiger partial charge >= 0.3 is 0 Å². The molecule has 1 atom stereocenters.